The van der Waals surface area contributed by atoms with Crippen LogP contribution in [0.1, 0.15) is 12.5 Å². The zero-order valence-corrected chi connectivity index (χ0v) is 11.9. The third kappa shape index (κ3) is 4.45. The minimum absolute atomic E-state index is 0. The Labute approximate surface area is 119 Å². The van der Waals surface area contributed by atoms with E-state index in [-0.39, 0.29) is 23.0 Å². The first-order chi connectivity index (χ1) is 8.66. The van der Waals surface area contributed by atoms with Crippen molar-refractivity contribution in [2.75, 3.05) is 26.2 Å². The zero-order chi connectivity index (χ0) is 13.0. The summed E-state index contributed by atoms with van der Waals surface area (Å²) in [7, 11) is 0. The predicted molar refractivity (Wildman–Crippen MR) is 78.0 cm³/mol. The Morgan fingerprint density at radius 3 is 2.68 bits per heavy atom. The van der Waals surface area contributed by atoms with E-state index in [1.807, 2.05) is 12.1 Å². The second-order valence-electron chi connectivity index (χ2n) is 4.76. The number of nitrogens with one attached hydrogen (secondary N) is 1. The van der Waals surface area contributed by atoms with Crippen molar-refractivity contribution in [1.82, 2.24) is 10.2 Å². The average Bonchev–Trinajstić information content (AvgIpc) is 2.38. The first kappa shape index (κ1) is 15.9. The number of nitrogens with zero attached hydrogens (tertiary/aromatic N) is 2. The lowest BCUT2D eigenvalue weighted by Crippen LogP contribution is -2.50. The van der Waals surface area contributed by atoms with Gasteiger partial charge in [0.1, 0.15) is 0 Å². The van der Waals surface area contributed by atoms with Gasteiger partial charge in [-0.2, -0.15) is 0 Å². The molecule has 106 valence electrons. The second kappa shape index (κ2) is 7.43. The van der Waals surface area contributed by atoms with Crippen LogP contribution in [-0.2, 0) is 6.42 Å². The van der Waals surface area contributed by atoms with Crippen LogP contribution < -0.4 is 5.32 Å². The smallest absolute Gasteiger partial charge is 0.269 e. The van der Waals surface area contributed by atoms with Crippen LogP contribution >= 0.6 is 12.4 Å². The number of rotatable bonds is 4. The Morgan fingerprint density at radius 2 is 2.11 bits per heavy atom. The van der Waals surface area contributed by atoms with Crippen LogP contribution in [0.3, 0.4) is 0 Å². The van der Waals surface area contributed by atoms with E-state index in [4.69, 9.17) is 0 Å². The van der Waals surface area contributed by atoms with E-state index < -0.39 is 0 Å². The highest BCUT2D eigenvalue weighted by molar-refractivity contribution is 5.85. The zero-order valence-electron chi connectivity index (χ0n) is 11.0. The van der Waals surface area contributed by atoms with Crippen LogP contribution in [0.15, 0.2) is 24.3 Å². The van der Waals surface area contributed by atoms with Crippen molar-refractivity contribution < 1.29 is 4.92 Å². The Kier molecular flexibility index (Phi) is 6.21. The van der Waals surface area contributed by atoms with Crippen LogP contribution in [0, 0.1) is 10.1 Å². The number of hydrogen-bond donors (Lipinski definition) is 1. The summed E-state index contributed by atoms with van der Waals surface area (Å²) in [6.07, 6.45) is 0.947. The van der Waals surface area contributed by atoms with Crippen LogP contribution in [0.25, 0.3) is 0 Å². The summed E-state index contributed by atoms with van der Waals surface area (Å²) in [6.45, 7) is 6.40. The van der Waals surface area contributed by atoms with Crippen LogP contribution in [0.4, 0.5) is 5.69 Å². The summed E-state index contributed by atoms with van der Waals surface area (Å²) in [5.74, 6) is 0. The van der Waals surface area contributed by atoms with Gasteiger partial charge in [-0.1, -0.05) is 12.1 Å². The fraction of sp³-hybridized carbons (Fsp3) is 0.538. The number of benzene rings is 1. The normalized spacial score (nSPS) is 19.7. The van der Waals surface area contributed by atoms with Crippen LogP contribution in [0.2, 0.25) is 0 Å². The van der Waals surface area contributed by atoms with Gasteiger partial charge in [-0.05, 0) is 18.9 Å². The molecular formula is C13H20ClN3O2. The minimum atomic E-state index is -0.359. The molecule has 2 rings (SSSR count). The molecule has 0 aliphatic carbocycles. The quantitative estimate of drug-likeness (QED) is 0.678. The van der Waals surface area contributed by atoms with E-state index in [0.717, 1.165) is 38.2 Å². The SMILES string of the molecule is CC1CNCCN1CCc1ccc([N+](=O)[O-])cc1.Cl. The van der Waals surface area contributed by atoms with Crippen molar-refractivity contribution in [2.24, 2.45) is 0 Å². The lowest BCUT2D eigenvalue weighted by atomic mass is 10.1. The number of hydrogen-bond acceptors (Lipinski definition) is 4. The molecule has 1 atom stereocenters. The number of piperazine rings is 1. The minimum Gasteiger partial charge on any atom is -0.314 e. The highest BCUT2D eigenvalue weighted by atomic mass is 35.5. The number of nitro groups is 1. The lowest BCUT2D eigenvalue weighted by Gasteiger charge is -2.33. The van der Waals surface area contributed by atoms with Gasteiger partial charge in [0.05, 0.1) is 4.92 Å². The van der Waals surface area contributed by atoms with Crippen LogP contribution in [0.5, 0.6) is 0 Å². The molecule has 1 heterocycles. The number of halogens is 1. The monoisotopic (exact) mass is 285 g/mol. The molecule has 0 saturated carbocycles. The topological polar surface area (TPSA) is 58.4 Å². The van der Waals surface area contributed by atoms with Crippen molar-refractivity contribution in [1.29, 1.82) is 0 Å². The van der Waals surface area contributed by atoms with Gasteiger partial charge in [0.2, 0.25) is 0 Å². The molecule has 6 heteroatoms. The van der Waals surface area contributed by atoms with Gasteiger partial charge in [-0.15, -0.1) is 12.4 Å². The Balaban J connectivity index is 0.00000180. The van der Waals surface area contributed by atoms with Crippen molar-refractivity contribution in [3.63, 3.8) is 0 Å². The van der Waals surface area contributed by atoms with Gasteiger partial charge in [-0.3, -0.25) is 15.0 Å². The molecule has 1 N–H and O–H groups in total. The molecule has 1 aliphatic rings. The Bertz CT molecular complexity index is 411. The number of non-ortho nitro benzene ring substituents is 1. The maximum absolute atomic E-state index is 10.6. The van der Waals surface area contributed by atoms with Crippen molar-refractivity contribution in [3.05, 3.63) is 39.9 Å². The fourth-order valence-corrected chi connectivity index (χ4v) is 2.27. The lowest BCUT2D eigenvalue weighted by molar-refractivity contribution is -0.384. The summed E-state index contributed by atoms with van der Waals surface area (Å²) in [4.78, 5) is 12.6. The Morgan fingerprint density at radius 1 is 1.42 bits per heavy atom. The first-order valence-corrected chi connectivity index (χ1v) is 6.35. The summed E-state index contributed by atoms with van der Waals surface area (Å²) < 4.78 is 0. The van der Waals surface area contributed by atoms with Crippen molar-refractivity contribution >= 4 is 18.1 Å². The third-order valence-electron chi connectivity index (χ3n) is 3.47. The van der Waals surface area contributed by atoms with Crippen molar-refractivity contribution in [3.8, 4) is 0 Å². The standard InChI is InChI=1S/C13H19N3O2.ClH/c1-11-10-14-7-9-15(11)8-6-12-2-4-13(5-3-12)16(17)18;/h2-5,11,14H,6-10H2,1H3;1H. The molecule has 1 saturated heterocycles. The molecular weight excluding hydrogens is 266 g/mol. The van der Waals surface area contributed by atoms with E-state index in [1.165, 1.54) is 0 Å². The predicted octanol–water partition coefficient (Wildman–Crippen LogP) is 1.85. The van der Waals surface area contributed by atoms with Crippen molar-refractivity contribution in [2.45, 2.75) is 19.4 Å². The molecule has 1 aromatic carbocycles. The highest BCUT2D eigenvalue weighted by Crippen LogP contribution is 2.13. The molecule has 0 amide bonds. The maximum Gasteiger partial charge on any atom is 0.269 e. The first-order valence-electron chi connectivity index (χ1n) is 6.35. The fourth-order valence-electron chi connectivity index (χ4n) is 2.27. The second-order valence-corrected chi connectivity index (χ2v) is 4.76. The summed E-state index contributed by atoms with van der Waals surface area (Å²) in [5, 5.41) is 13.9. The van der Waals surface area contributed by atoms with Gasteiger partial charge in [-0.25, -0.2) is 0 Å². The van der Waals surface area contributed by atoms with E-state index in [2.05, 4.69) is 17.1 Å². The average molecular weight is 286 g/mol. The molecule has 19 heavy (non-hydrogen) atoms. The summed E-state index contributed by atoms with van der Waals surface area (Å²) in [6, 6.07) is 7.43. The van der Waals surface area contributed by atoms with E-state index in [0.29, 0.717) is 6.04 Å². The molecule has 1 aromatic rings. The molecule has 0 aromatic heterocycles. The number of nitro benzene ring substituents is 1. The van der Waals surface area contributed by atoms with Gasteiger partial charge in [0.15, 0.2) is 0 Å². The highest BCUT2D eigenvalue weighted by Gasteiger charge is 2.17. The molecule has 0 radical (unpaired) electrons. The van der Waals surface area contributed by atoms with Gasteiger partial charge < -0.3 is 5.32 Å². The van der Waals surface area contributed by atoms with Gasteiger partial charge in [0.25, 0.3) is 5.69 Å². The summed E-state index contributed by atoms with van der Waals surface area (Å²) >= 11 is 0. The van der Waals surface area contributed by atoms with Gasteiger partial charge >= 0.3 is 0 Å². The van der Waals surface area contributed by atoms with Crippen LogP contribution in [-0.4, -0.2) is 42.0 Å². The molecule has 5 nitrogen and oxygen atoms in total. The molecule has 0 bridgehead atoms. The third-order valence-corrected chi connectivity index (χ3v) is 3.47. The van der Waals surface area contributed by atoms with Gasteiger partial charge in [0, 0.05) is 44.4 Å². The molecule has 0 spiro atoms. The summed E-state index contributed by atoms with van der Waals surface area (Å²) in [5.41, 5.74) is 1.32. The van der Waals surface area contributed by atoms with E-state index >= 15 is 0 Å². The molecule has 1 fully saturated rings. The van der Waals surface area contributed by atoms with E-state index in [1.54, 1.807) is 12.1 Å². The maximum atomic E-state index is 10.6. The van der Waals surface area contributed by atoms with E-state index in [9.17, 15) is 10.1 Å². The molecule has 1 aliphatic heterocycles. The largest absolute Gasteiger partial charge is 0.314 e. The Hall–Kier alpha value is -1.17. The molecule has 1 unspecified atom stereocenters.